The number of phenols is 1. The lowest BCUT2D eigenvalue weighted by Crippen LogP contribution is -1.89. The second-order valence-corrected chi connectivity index (χ2v) is 3.94. The van der Waals surface area contributed by atoms with Gasteiger partial charge in [0.1, 0.15) is 5.75 Å². The molecule has 0 bridgehead atoms. The summed E-state index contributed by atoms with van der Waals surface area (Å²) in [5.74, 6) is 0.259. The number of phenolic OH excluding ortho intramolecular Hbond substituents is 1. The van der Waals surface area contributed by atoms with Crippen LogP contribution in [0.1, 0.15) is 11.3 Å². The van der Waals surface area contributed by atoms with Gasteiger partial charge in [0, 0.05) is 29.9 Å². The average molecular weight is 225 g/mol. The number of fused-ring (bicyclic) bond motifs is 1. The molecule has 2 aromatic heterocycles. The van der Waals surface area contributed by atoms with Gasteiger partial charge in [0.15, 0.2) is 0 Å². The highest BCUT2D eigenvalue weighted by molar-refractivity contribution is 5.83. The van der Waals surface area contributed by atoms with Crippen molar-refractivity contribution in [3.05, 3.63) is 54.0 Å². The van der Waals surface area contributed by atoms with Gasteiger partial charge < -0.3 is 5.11 Å². The number of H-pyrrole nitrogens is 1. The van der Waals surface area contributed by atoms with Crippen LogP contribution in [-0.4, -0.2) is 20.3 Å². The molecule has 0 aliphatic rings. The average Bonchev–Trinajstić information content (AvgIpc) is 2.73. The van der Waals surface area contributed by atoms with Gasteiger partial charge in [-0.1, -0.05) is 0 Å². The third-order valence-corrected chi connectivity index (χ3v) is 2.75. The van der Waals surface area contributed by atoms with Gasteiger partial charge in [0.2, 0.25) is 0 Å². The number of hydrogen-bond donors (Lipinski definition) is 2. The molecule has 2 N–H and O–H groups in total. The number of aromatic hydroxyl groups is 1. The predicted octanol–water partition coefficient (Wildman–Crippen LogP) is 2.25. The van der Waals surface area contributed by atoms with Crippen LogP contribution in [0.5, 0.6) is 5.75 Å². The summed E-state index contributed by atoms with van der Waals surface area (Å²) in [6.45, 7) is 0. The quantitative estimate of drug-likeness (QED) is 0.703. The molecule has 0 saturated carbocycles. The summed E-state index contributed by atoms with van der Waals surface area (Å²) in [7, 11) is 0. The van der Waals surface area contributed by atoms with Crippen LogP contribution in [0, 0.1) is 0 Å². The lowest BCUT2D eigenvalue weighted by molar-refractivity contribution is 0.476. The van der Waals surface area contributed by atoms with E-state index in [-0.39, 0.29) is 5.75 Å². The number of nitrogens with one attached hydrogen (secondary N) is 1. The van der Waals surface area contributed by atoms with Gasteiger partial charge in [-0.05, 0) is 35.9 Å². The standard InChI is InChI=1S/C13H11N3O/c17-10-1-2-12-11(8-10)13(16-15-12)7-9-3-5-14-6-4-9/h1-6,8,17H,7H2,(H,15,16). The van der Waals surface area contributed by atoms with E-state index < -0.39 is 0 Å². The fraction of sp³-hybridized carbons (Fsp3) is 0.0769. The summed E-state index contributed by atoms with van der Waals surface area (Å²) in [6.07, 6.45) is 4.29. The van der Waals surface area contributed by atoms with Gasteiger partial charge in [-0.25, -0.2) is 0 Å². The van der Waals surface area contributed by atoms with Crippen molar-refractivity contribution in [1.82, 2.24) is 15.2 Å². The zero-order valence-corrected chi connectivity index (χ0v) is 9.09. The minimum absolute atomic E-state index is 0.259. The summed E-state index contributed by atoms with van der Waals surface area (Å²) < 4.78 is 0. The zero-order valence-electron chi connectivity index (χ0n) is 9.09. The van der Waals surface area contributed by atoms with Crippen LogP contribution in [0.4, 0.5) is 0 Å². The molecule has 84 valence electrons. The number of nitrogens with zero attached hydrogens (tertiary/aromatic N) is 2. The van der Waals surface area contributed by atoms with Gasteiger partial charge in [-0.15, -0.1) is 0 Å². The van der Waals surface area contributed by atoms with Gasteiger partial charge in [-0.2, -0.15) is 5.10 Å². The first-order valence-corrected chi connectivity index (χ1v) is 5.38. The molecule has 0 radical (unpaired) electrons. The lowest BCUT2D eigenvalue weighted by Gasteiger charge is -1.99. The molecule has 0 amide bonds. The van der Waals surface area contributed by atoms with E-state index in [1.54, 1.807) is 30.6 Å². The van der Waals surface area contributed by atoms with Gasteiger partial charge >= 0.3 is 0 Å². The highest BCUT2D eigenvalue weighted by Gasteiger charge is 2.06. The molecular weight excluding hydrogens is 214 g/mol. The smallest absolute Gasteiger partial charge is 0.116 e. The van der Waals surface area contributed by atoms with Crippen LogP contribution < -0.4 is 0 Å². The SMILES string of the molecule is Oc1ccc2n[nH]c(Cc3ccncc3)c2c1. The second kappa shape index (κ2) is 3.90. The van der Waals surface area contributed by atoms with E-state index in [0.717, 1.165) is 28.6 Å². The molecule has 1 aromatic carbocycles. The topological polar surface area (TPSA) is 61.8 Å². The Bertz CT molecular complexity index is 646. The molecule has 3 aromatic rings. The van der Waals surface area contributed by atoms with Crippen molar-refractivity contribution >= 4 is 10.9 Å². The first-order chi connectivity index (χ1) is 8.33. The minimum atomic E-state index is 0.259. The maximum Gasteiger partial charge on any atom is 0.116 e. The Morgan fingerprint density at radius 3 is 2.76 bits per heavy atom. The van der Waals surface area contributed by atoms with Crippen LogP contribution in [-0.2, 0) is 6.42 Å². The molecule has 0 saturated heterocycles. The Kier molecular flexibility index (Phi) is 2.26. The molecule has 3 rings (SSSR count). The summed E-state index contributed by atoms with van der Waals surface area (Å²) in [5.41, 5.74) is 3.03. The van der Waals surface area contributed by atoms with Crippen LogP contribution in [0.25, 0.3) is 10.9 Å². The van der Waals surface area contributed by atoms with Gasteiger partial charge in [0.25, 0.3) is 0 Å². The molecule has 4 heteroatoms. The summed E-state index contributed by atoms with van der Waals surface area (Å²) in [4.78, 5) is 3.99. The first-order valence-electron chi connectivity index (χ1n) is 5.38. The maximum atomic E-state index is 9.49. The van der Waals surface area contributed by atoms with E-state index in [2.05, 4.69) is 15.2 Å². The first kappa shape index (κ1) is 9.84. The molecule has 0 aliphatic heterocycles. The third-order valence-electron chi connectivity index (χ3n) is 2.75. The summed E-state index contributed by atoms with van der Waals surface area (Å²) in [5, 5.41) is 17.7. The molecule has 2 heterocycles. The predicted molar refractivity (Wildman–Crippen MR) is 64.8 cm³/mol. The van der Waals surface area contributed by atoms with E-state index in [4.69, 9.17) is 0 Å². The number of aromatic nitrogens is 3. The monoisotopic (exact) mass is 225 g/mol. The lowest BCUT2D eigenvalue weighted by atomic mass is 10.1. The largest absolute Gasteiger partial charge is 0.508 e. The molecule has 0 spiro atoms. The van der Waals surface area contributed by atoms with Crippen LogP contribution in [0.15, 0.2) is 42.7 Å². The Labute approximate surface area is 97.9 Å². The van der Waals surface area contributed by atoms with E-state index in [1.165, 1.54) is 0 Å². The number of pyridine rings is 1. The number of benzene rings is 1. The molecule has 0 fully saturated rings. The number of hydrogen-bond acceptors (Lipinski definition) is 3. The normalized spacial score (nSPS) is 10.8. The molecule has 0 unspecified atom stereocenters. The Morgan fingerprint density at radius 2 is 1.94 bits per heavy atom. The van der Waals surface area contributed by atoms with Gasteiger partial charge in [0.05, 0.1) is 5.52 Å². The second-order valence-electron chi connectivity index (χ2n) is 3.94. The maximum absolute atomic E-state index is 9.49. The summed E-state index contributed by atoms with van der Waals surface area (Å²) in [6, 6.07) is 9.11. The number of rotatable bonds is 2. The van der Waals surface area contributed by atoms with E-state index in [1.807, 2.05) is 12.1 Å². The number of aromatic amines is 1. The zero-order chi connectivity index (χ0) is 11.7. The highest BCUT2D eigenvalue weighted by Crippen LogP contribution is 2.22. The molecule has 0 atom stereocenters. The fourth-order valence-corrected chi connectivity index (χ4v) is 1.89. The molecule has 0 aliphatic carbocycles. The highest BCUT2D eigenvalue weighted by atomic mass is 16.3. The Balaban J connectivity index is 2.03. The van der Waals surface area contributed by atoms with Gasteiger partial charge in [-0.3, -0.25) is 10.1 Å². The van der Waals surface area contributed by atoms with Crippen LogP contribution in [0.3, 0.4) is 0 Å². The van der Waals surface area contributed by atoms with Crippen molar-refractivity contribution in [3.63, 3.8) is 0 Å². The van der Waals surface area contributed by atoms with E-state index in [9.17, 15) is 5.11 Å². The summed E-state index contributed by atoms with van der Waals surface area (Å²) >= 11 is 0. The third kappa shape index (κ3) is 1.85. The fourth-order valence-electron chi connectivity index (χ4n) is 1.89. The van der Waals surface area contributed by atoms with Crippen molar-refractivity contribution in [3.8, 4) is 5.75 Å². The molecular formula is C13H11N3O. The Morgan fingerprint density at radius 1 is 1.12 bits per heavy atom. The van der Waals surface area contributed by atoms with Crippen molar-refractivity contribution in [1.29, 1.82) is 0 Å². The molecule has 17 heavy (non-hydrogen) atoms. The van der Waals surface area contributed by atoms with Crippen molar-refractivity contribution < 1.29 is 5.11 Å². The molecule has 4 nitrogen and oxygen atoms in total. The van der Waals surface area contributed by atoms with Crippen LogP contribution >= 0.6 is 0 Å². The van der Waals surface area contributed by atoms with E-state index >= 15 is 0 Å². The van der Waals surface area contributed by atoms with E-state index in [0.29, 0.717) is 0 Å². The van der Waals surface area contributed by atoms with Crippen LogP contribution in [0.2, 0.25) is 0 Å². The Hall–Kier alpha value is -2.36. The van der Waals surface area contributed by atoms with Crippen molar-refractivity contribution in [2.75, 3.05) is 0 Å². The van der Waals surface area contributed by atoms with Crippen molar-refractivity contribution in [2.24, 2.45) is 0 Å². The minimum Gasteiger partial charge on any atom is -0.508 e. The van der Waals surface area contributed by atoms with Crippen molar-refractivity contribution in [2.45, 2.75) is 6.42 Å².